The first kappa shape index (κ1) is 26.2. The summed E-state index contributed by atoms with van der Waals surface area (Å²) in [5.74, 6) is 2.19. The molecule has 196 valence electrons. The van der Waals surface area contributed by atoms with Crippen molar-refractivity contribution in [1.82, 2.24) is 4.90 Å². The molecule has 0 radical (unpaired) electrons. The minimum Gasteiger partial charge on any atom is -0.296 e. The molecule has 1 aliphatic heterocycles. The maximum Gasteiger partial charge on any atom is 0.0348 e. The Morgan fingerprint density at radius 2 is 1.41 bits per heavy atom. The number of benzene rings is 3. The third-order valence-corrected chi connectivity index (χ3v) is 9.58. The number of nitrogens with zero attached hydrogens (tertiary/aromatic N) is 1. The molecule has 1 aliphatic carbocycles. The summed E-state index contributed by atoms with van der Waals surface area (Å²) in [4.78, 5) is 2.79. The average molecular weight is 494 g/mol. The van der Waals surface area contributed by atoms with Gasteiger partial charge >= 0.3 is 0 Å². The maximum absolute atomic E-state index is 2.79. The zero-order valence-corrected chi connectivity index (χ0v) is 24.1. The van der Waals surface area contributed by atoms with Crippen LogP contribution in [0.2, 0.25) is 0 Å². The Hall–Kier alpha value is -2.38. The average Bonchev–Trinajstić information content (AvgIpc) is 3.52. The van der Waals surface area contributed by atoms with Crippen LogP contribution in [0.25, 0.3) is 11.1 Å². The molecule has 1 saturated heterocycles. The molecule has 2 fully saturated rings. The molecule has 0 N–H and O–H groups in total. The van der Waals surface area contributed by atoms with Gasteiger partial charge in [0.25, 0.3) is 0 Å². The Labute approximate surface area is 226 Å². The smallest absolute Gasteiger partial charge is 0.0348 e. The highest BCUT2D eigenvalue weighted by atomic mass is 15.2. The van der Waals surface area contributed by atoms with Gasteiger partial charge in [-0.15, -0.1) is 0 Å². The quantitative estimate of drug-likeness (QED) is 0.302. The van der Waals surface area contributed by atoms with Gasteiger partial charge in [0.1, 0.15) is 0 Å². The van der Waals surface area contributed by atoms with Gasteiger partial charge in [-0.1, -0.05) is 106 Å². The Morgan fingerprint density at radius 1 is 0.811 bits per heavy atom. The zero-order valence-electron chi connectivity index (χ0n) is 24.1. The SMILES string of the molecule is Cc1ccc(-c2cc(C3CCN(C(CCC(C)C)c4ccc(C)cc4)CC3)cc(C3(C)CC3C)c2)cc1. The molecule has 3 atom stereocenters. The molecule has 0 spiro atoms. The van der Waals surface area contributed by atoms with E-state index in [1.807, 2.05) is 0 Å². The summed E-state index contributed by atoms with van der Waals surface area (Å²) >= 11 is 0. The molecule has 5 rings (SSSR count). The van der Waals surface area contributed by atoms with E-state index in [0.717, 1.165) is 11.8 Å². The molecule has 2 aliphatic rings. The zero-order chi connectivity index (χ0) is 26.2. The summed E-state index contributed by atoms with van der Waals surface area (Å²) in [6, 6.07) is 26.6. The van der Waals surface area contributed by atoms with Crippen LogP contribution in [0.1, 0.15) is 99.6 Å². The Morgan fingerprint density at radius 3 is 1.97 bits per heavy atom. The highest BCUT2D eigenvalue weighted by Crippen LogP contribution is 2.54. The van der Waals surface area contributed by atoms with Crippen LogP contribution in [0, 0.1) is 25.7 Å². The van der Waals surface area contributed by atoms with Crippen LogP contribution in [0.3, 0.4) is 0 Å². The molecule has 3 aromatic rings. The lowest BCUT2D eigenvalue weighted by atomic mass is 9.82. The largest absolute Gasteiger partial charge is 0.296 e. The molecule has 3 unspecified atom stereocenters. The van der Waals surface area contributed by atoms with E-state index in [0.29, 0.717) is 17.4 Å². The summed E-state index contributed by atoms with van der Waals surface area (Å²) < 4.78 is 0. The van der Waals surface area contributed by atoms with Crippen LogP contribution < -0.4 is 0 Å². The van der Waals surface area contributed by atoms with Crippen LogP contribution in [0.5, 0.6) is 0 Å². The third-order valence-electron chi connectivity index (χ3n) is 9.58. The summed E-state index contributed by atoms with van der Waals surface area (Å²) in [6.45, 7) is 16.4. The summed E-state index contributed by atoms with van der Waals surface area (Å²) in [7, 11) is 0. The lowest BCUT2D eigenvalue weighted by Crippen LogP contribution is -2.36. The predicted molar refractivity (Wildman–Crippen MR) is 159 cm³/mol. The lowest BCUT2D eigenvalue weighted by Gasteiger charge is -2.38. The van der Waals surface area contributed by atoms with Crippen molar-refractivity contribution in [2.75, 3.05) is 13.1 Å². The molecule has 1 heterocycles. The van der Waals surface area contributed by atoms with Crippen molar-refractivity contribution in [2.45, 2.75) is 91.0 Å². The van der Waals surface area contributed by atoms with Crippen LogP contribution in [0.15, 0.2) is 66.7 Å². The standard InChI is InChI=1S/C36H47N/c1-25(2)7-16-35(31-14-10-27(4)11-15-31)37-19-17-30(18-20-37)33-21-32(29-12-8-26(3)9-13-29)22-34(23-33)36(6)24-28(36)5/h8-15,21-23,25,28,30,35H,7,16-20,24H2,1-6H3. The van der Waals surface area contributed by atoms with Crippen molar-refractivity contribution in [3.63, 3.8) is 0 Å². The fourth-order valence-corrected chi connectivity index (χ4v) is 6.49. The second-order valence-electron chi connectivity index (χ2n) is 12.9. The Kier molecular flexibility index (Phi) is 7.64. The minimum atomic E-state index is 0.351. The van der Waals surface area contributed by atoms with E-state index >= 15 is 0 Å². The molecule has 0 bridgehead atoms. The third kappa shape index (κ3) is 5.88. The second-order valence-corrected chi connectivity index (χ2v) is 12.9. The fourth-order valence-electron chi connectivity index (χ4n) is 6.49. The van der Waals surface area contributed by atoms with Crippen molar-refractivity contribution < 1.29 is 0 Å². The number of hydrogen-bond acceptors (Lipinski definition) is 1. The lowest BCUT2D eigenvalue weighted by molar-refractivity contribution is 0.140. The molecular weight excluding hydrogens is 446 g/mol. The van der Waals surface area contributed by atoms with E-state index < -0.39 is 0 Å². The summed E-state index contributed by atoms with van der Waals surface area (Å²) in [5.41, 5.74) is 10.4. The van der Waals surface area contributed by atoms with Gasteiger partial charge in [0.2, 0.25) is 0 Å². The van der Waals surface area contributed by atoms with Crippen LogP contribution >= 0.6 is 0 Å². The maximum atomic E-state index is 2.79. The van der Waals surface area contributed by atoms with Gasteiger partial charge in [0.15, 0.2) is 0 Å². The van der Waals surface area contributed by atoms with Crippen molar-refractivity contribution in [1.29, 1.82) is 0 Å². The second kappa shape index (κ2) is 10.8. The van der Waals surface area contributed by atoms with Crippen molar-refractivity contribution in [3.05, 3.63) is 94.5 Å². The number of hydrogen-bond donors (Lipinski definition) is 0. The first-order chi connectivity index (χ1) is 17.7. The highest BCUT2D eigenvalue weighted by Gasteiger charge is 2.48. The van der Waals surface area contributed by atoms with Gasteiger partial charge in [0.05, 0.1) is 0 Å². The van der Waals surface area contributed by atoms with Crippen LogP contribution in [-0.4, -0.2) is 18.0 Å². The summed E-state index contributed by atoms with van der Waals surface area (Å²) in [5, 5.41) is 0. The van der Waals surface area contributed by atoms with E-state index in [-0.39, 0.29) is 0 Å². The first-order valence-corrected chi connectivity index (χ1v) is 14.8. The summed E-state index contributed by atoms with van der Waals surface area (Å²) in [6.07, 6.45) is 6.38. The van der Waals surface area contributed by atoms with Crippen LogP contribution in [-0.2, 0) is 5.41 Å². The molecule has 1 heteroatoms. The number of rotatable bonds is 8. The molecule has 0 aromatic heterocycles. The van der Waals surface area contributed by atoms with Crippen molar-refractivity contribution in [3.8, 4) is 11.1 Å². The Balaban J connectivity index is 1.37. The van der Waals surface area contributed by atoms with Crippen molar-refractivity contribution in [2.24, 2.45) is 11.8 Å². The van der Waals surface area contributed by atoms with Crippen molar-refractivity contribution >= 4 is 0 Å². The topological polar surface area (TPSA) is 3.24 Å². The van der Waals surface area contributed by atoms with Gasteiger partial charge < -0.3 is 0 Å². The fraction of sp³-hybridized carbons (Fsp3) is 0.500. The van der Waals surface area contributed by atoms with Gasteiger partial charge in [-0.2, -0.15) is 0 Å². The number of likely N-dealkylation sites (tertiary alicyclic amines) is 1. The van der Waals surface area contributed by atoms with E-state index in [2.05, 4.69) is 113 Å². The molecule has 1 saturated carbocycles. The first-order valence-electron chi connectivity index (χ1n) is 14.8. The normalized spacial score (nSPS) is 23.4. The predicted octanol–water partition coefficient (Wildman–Crippen LogP) is 9.62. The molecule has 1 nitrogen and oxygen atoms in total. The number of aryl methyl sites for hydroxylation is 2. The van der Waals surface area contributed by atoms with E-state index in [1.165, 1.54) is 73.0 Å². The molecule has 3 aromatic carbocycles. The van der Waals surface area contributed by atoms with E-state index in [9.17, 15) is 0 Å². The number of piperidine rings is 1. The Bertz CT molecular complexity index is 1180. The van der Waals surface area contributed by atoms with Crippen LogP contribution in [0.4, 0.5) is 0 Å². The highest BCUT2D eigenvalue weighted by molar-refractivity contribution is 5.66. The minimum absolute atomic E-state index is 0.351. The van der Waals surface area contributed by atoms with Gasteiger partial charge in [-0.25, -0.2) is 0 Å². The van der Waals surface area contributed by atoms with Gasteiger partial charge in [0, 0.05) is 6.04 Å². The van der Waals surface area contributed by atoms with E-state index in [1.54, 1.807) is 11.1 Å². The van der Waals surface area contributed by atoms with Gasteiger partial charge in [-0.05, 0) is 110 Å². The molecular formula is C36H47N. The van der Waals surface area contributed by atoms with Gasteiger partial charge in [-0.3, -0.25) is 4.90 Å². The monoisotopic (exact) mass is 493 g/mol. The molecule has 0 amide bonds. The van der Waals surface area contributed by atoms with E-state index in [4.69, 9.17) is 0 Å². The molecule has 37 heavy (non-hydrogen) atoms.